The molecule has 146 valence electrons. The van der Waals surface area contributed by atoms with Crippen molar-refractivity contribution in [2.75, 3.05) is 18.5 Å². The lowest BCUT2D eigenvalue weighted by Gasteiger charge is -2.47. The van der Waals surface area contributed by atoms with E-state index in [4.69, 9.17) is 15.0 Å². The third kappa shape index (κ3) is 3.63. The van der Waals surface area contributed by atoms with Crippen LogP contribution in [0.5, 0.6) is 0 Å². The number of amides is 2. The first-order valence-corrected chi connectivity index (χ1v) is 9.58. The van der Waals surface area contributed by atoms with Crippen LogP contribution in [0.15, 0.2) is 21.6 Å². The molecule has 0 aliphatic carbocycles. The third-order valence-electron chi connectivity index (χ3n) is 4.55. The van der Waals surface area contributed by atoms with Crippen LogP contribution in [0, 0.1) is 0 Å². The average Bonchev–Trinajstić information content (AvgIpc) is 3.04. The molecule has 1 aliphatic rings. The molecule has 0 fully saturated rings. The molecule has 0 unspecified atom stereocenters. The van der Waals surface area contributed by atoms with Gasteiger partial charge in [0.25, 0.3) is 5.91 Å². The molecule has 2 heterocycles. The van der Waals surface area contributed by atoms with Crippen molar-refractivity contribution in [3.8, 4) is 0 Å². The second-order valence-corrected chi connectivity index (χ2v) is 9.72. The van der Waals surface area contributed by atoms with Gasteiger partial charge in [-0.25, -0.2) is 0 Å². The maximum absolute atomic E-state index is 12.7. The van der Waals surface area contributed by atoms with Gasteiger partial charge < -0.3 is 15.0 Å². The number of nitrogens with two attached hydrogens (primary N) is 1. The maximum atomic E-state index is 12.7. The van der Waals surface area contributed by atoms with Crippen LogP contribution >= 0.6 is 10.6 Å². The highest BCUT2D eigenvalue weighted by molar-refractivity contribution is 8.29. The number of ether oxygens (including phenoxy) is 1. The molecule has 9 nitrogen and oxygen atoms in total. The SMILES string of the molecule is CC(C)(C(N)=O)c1cc(NC(=O)C(C)(C)S(O)(O)C2=CCOCC2)on1. The van der Waals surface area contributed by atoms with E-state index in [1.54, 1.807) is 19.9 Å². The van der Waals surface area contributed by atoms with Crippen LogP contribution in [0.4, 0.5) is 5.88 Å². The molecule has 0 saturated heterocycles. The molecule has 26 heavy (non-hydrogen) atoms. The number of primary amides is 1. The van der Waals surface area contributed by atoms with E-state index in [1.807, 2.05) is 0 Å². The molecule has 1 aliphatic heterocycles. The van der Waals surface area contributed by atoms with Crippen molar-refractivity contribution in [1.29, 1.82) is 0 Å². The maximum Gasteiger partial charge on any atom is 0.252 e. The second kappa shape index (κ2) is 7.03. The minimum absolute atomic E-state index is 0.0106. The molecule has 1 aromatic heterocycles. The Bertz CT molecular complexity index is 738. The van der Waals surface area contributed by atoms with Gasteiger partial charge in [0.2, 0.25) is 11.8 Å². The fourth-order valence-corrected chi connectivity index (χ4v) is 3.88. The molecule has 0 spiro atoms. The van der Waals surface area contributed by atoms with Gasteiger partial charge >= 0.3 is 0 Å². The normalized spacial score (nSPS) is 16.8. The van der Waals surface area contributed by atoms with E-state index in [9.17, 15) is 18.7 Å². The Morgan fingerprint density at radius 1 is 1.31 bits per heavy atom. The summed E-state index contributed by atoms with van der Waals surface area (Å²) in [5.74, 6) is -1.25. The third-order valence-corrected chi connectivity index (χ3v) is 7.26. The first-order chi connectivity index (χ1) is 11.9. The average molecular weight is 387 g/mol. The van der Waals surface area contributed by atoms with Crippen molar-refractivity contribution in [3.05, 3.63) is 22.7 Å². The van der Waals surface area contributed by atoms with Crippen LogP contribution in [-0.2, 0) is 19.7 Å². The number of nitrogens with zero attached hydrogens (tertiary/aromatic N) is 1. The minimum atomic E-state index is -3.38. The van der Waals surface area contributed by atoms with E-state index in [2.05, 4.69) is 10.5 Å². The van der Waals surface area contributed by atoms with E-state index in [-0.39, 0.29) is 18.2 Å². The molecule has 0 radical (unpaired) electrons. The van der Waals surface area contributed by atoms with Gasteiger partial charge in [0.15, 0.2) is 0 Å². The number of hydrogen-bond acceptors (Lipinski definition) is 7. The molecule has 0 bridgehead atoms. The van der Waals surface area contributed by atoms with Crippen molar-refractivity contribution in [2.45, 2.75) is 44.3 Å². The van der Waals surface area contributed by atoms with Gasteiger partial charge in [-0.3, -0.25) is 24.0 Å². The first kappa shape index (κ1) is 20.4. The lowest BCUT2D eigenvalue weighted by molar-refractivity contribution is -0.122. The van der Waals surface area contributed by atoms with Crippen molar-refractivity contribution in [1.82, 2.24) is 5.16 Å². The summed E-state index contributed by atoms with van der Waals surface area (Å²) in [5.41, 5.74) is 4.52. The molecule has 0 atom stereocenters. The van der Waals surface area contributed by atoms with Crippen LogP contribution in [-0.4, -0.2) is 44.0 Å². The zero-order valence-corrected chi connectivity index (χ0v) is 16.1. The Morgan fingerprint density at radius 3 is 2.50 bits per heavy atom. The Balaban J connectivity index is 2.19. The summed E-state index contributed by atoms with van der Waals surface area (Å²) in [4.78, 5) is 24.6. The molecule has 5 N–H and O–H groups in total. The molecule has 1 aromatic rings. The zero-order chi connectivity index (χ0) is 19.8. The van der Waals surface area contributed by atoms with Crippen LogP contribution in [0.3, 0.4) is 0 Å². The number of rotatable bonds is 6. The summed E-state index contributed by atoms with van der Waals surface area (Å²) in [6.45, 7) is 6.69. The molecule has 2 amide bonds. The van der Waals surface area contributed by atoms with Gasteiger partial charge in [0.05, 0.1) is 18.6 Å². The Morgan fingerprint density at radius 2 is 1.96 bits per heavy atom. The highest BCUT2D eigenvalue weighted by Gasteiger charge is 2.44. The first-order valence-electron chi connectivity index (χ1n) is 8.04. The van der Waals surface area contributed by atoms with Gasteiger partial charge in [-0.15, -0.1) is 0 Å². The summed E-state index contributed by atoms with van der Waals surface area (Å²) in [6.07, 6.45) is 1.94. The van der Waals surface area contributed by atoms with Crippen molar-refractivity contribution < 1.29 is 28.0 Å². The summed E-state index contributed by atoms with van der Waals surface area (Å²) < 4.78 is 30.0. The minimum Gasteiger partial charge on any atom is -0.377 e. The van der Waals surface area contributed by atoms with E-state index in [0.29, 0.717) is 17.9 Å². The molecule has 0 saturated carbocycles. The monoisotopic (exact) mass is 387 g/mol. The Labute approximate surface area is 153 Å². The van der Waals surface area contributed by atoms with Crippen molar-refractivity contribution in [3.63, 3.8) is 0 Å². The fourth-order valence-electron chi connectivity index (χ4n) is 2.24. The van der Waals surface area contributed by atoms with E-state index >= 15 is 0 Å². The van der Waals surface area contributed by atoms with Gasteiger partial charge in [-0.2, -0.15) is 10.6 Å². The van der Waals surface area contributed by atoms with Gasteiger partial charge in [0, 0.05) is 17.4 Å². The number of anilines is 1. The van der Waals surface area contributed by atoms with E-state index < -0.39 is 32.6 Å². The number of carbonyl (C=O) groups excluding carboxylic acids is 2. The van der Waals surface area contributed by atoms with Crippen LogP contribution in [0.1, 0.15) is 39.8 Å². The smallest absolute Gasteiger partial charge is 0.252 e. The molecule has 2 rings (SSSR count). The lowest BCUT2D eigenvalue weighted by Crippen LogP contribution is -2.42. The predicted molar refractivity (Wildman–Crippen MR) is 97.8 cm³/mol. The summed E-state index contributed by atoms with van der Waals surface area (Å²) in [6, 6.07) is 1.39. The van der Waals surface area contributed by atoms with Gasteiger partial charge in [-0.05, 0) is 33.8 Å². The lowest BCUT2D eigenvalue weighted by atomic mass is 9.89. The second-order valence-electron chi connectivity index (χ2n) is 7.07. The van der Waals surface area contributed by atoms with Gasteiger partial charge in [-0.1, -0.05) is 5.16 Å². The van der Waals surface area contributed by atoms with Crippen LogP contribution in [0.25, 0.3) is 0 Å². The van der Waals surface area contributed by atoms with E-state index in [0.717, 1.165) is 0 Å². The summed E-state index contributed by atoms with van der Waals surface area (Å²) >= 11 is 0. The standard InChI is InChI=1S/C16H25N3O6S/c1-15(2,13(17)20)11-9-12(25-19-11)18-14(21)16(3,4)26(22,23)10-5-7-24-8-6-10/h5,9,22-23H,6-8H2,1-4H3,(H2,17,20)(H,18,21). The Kier molecular flexibility index (Phi) is 5.52. The molecule has 0 aromatic carbocycles. The molecule has 10 heteroatoms. The topological polar surface area (TPSA) is 148 Å². The van der Waals surface area contributed by atoms with Crippen molar-refractivity contribution >= 4 is 28.3 Å². The van der Waals surface area contributed by atoms with Crippen LogP contribution in [0.2, 0.25) is 0 Å². The van der Waals surface area contributed by atoms with E-state index in [1.165, 1.54) is 19.9 Å². The Hall–Kier alpha value is -1.88. The largest absolute Gasteiger partial charge is 0.377 e. The van der Waals surface area contributed by atoms with Crippen molar-refractivity contribution in [2.24, 2.45) is 5.73 Å². The number of hydrogen-bond donors (Lipinski definition) is 4. The zero-order valence-electron chi connectivity index (χ0n) is 15.2. The quantitative estimate of drug-likeness (QED) is 0.585. The highest BCUT2D eigenvalue weighted by Crippen LogP contribution is 2.60. The van der Waals surface area contributed by atoms with Gasteiger partial charge in [0.1, 0.15) is 10.4 Å². The predicted octanol–water partition coefficient (Wildman–Crippen LogP) is 2.21. The summed E-state index contributed by atoms with van der Waals surface area (Å²) in [5, 5.41) is 6.24. The highest BCUT2D eigenvalue weighted by atomic mass is 32.3. The summed E-state index contributed by atoms with van der Waals surface area (Å²) in [7, 11) is -3.38. The number of carbonyl (C=O) groups is 2. The number of nitrogens with one attached hydrogen (secondary N) is 1. The fraction of sp³-hybridized carbons (Fsp3) is 0.562. The molecular formula is C16H25N3O6S. The number of aromatic nitrogens is 1. The van der Waals surface area contributed by atoms with Crippen LogP contribution < -0.4 is 11.1 Å². The molecular weight excluding hydrogens is 362 g/mol.